The zero-order valence-corrected chi connectivity index (χ0v) is 17.3. The van der Waals surface area contributed by atoms with E-state index < -0.39 is 33.3 Å². The summed E-state index contributed by atoms with van der Waals surface area (Å²) in [4.78, 5) is 28.7. The standard InChI is InChI=1S/C17H19N3O7S2/c1-11-18-15(10-28-11)16-7-14(27-29(2,24)25)8-19(16)17(21)26-9-12-3-5-13(6-4-12)20(22)23/h3-6,10,14,16H,7-9H2,1-2H3/t14-,16+/m1/s1. The van der Waals surface area contributed by atoms with Crippen molar-refractivity contribution in [2.75, 3.05) is 12.8 Å². The van der Waals surface area contributed by atoms with Gasteiger partial charge in [-0.1, -0.05) is 0 Å². The maximum absolute atomic E-state index is 12.7. The molecule has 0 radical (unpaired) electrons. The molecule has 2 heterocycles. The Hall–Kier alpha value is -2.57. The molecule has 2 aromatic rings. The van der Waals surface area contributed by atoms with Gasteiger partial charge in [-0.25, -0.2) is 9.78 Å². The Morgan fingerprint density at radius 3 is 2.62 bits per heavy atom. The summed E-state index contributed by atoms with van der Waals surface area (Å²) in [7, 11) is -3.68. The Balaban J connectivity index is 1.70. The van der Waals surface area contributed by atoms with E-state index >= 15 is 0 Å². The Kier molecular flexibility index (Phi) is 6.15. The highest BCUT2D eigenvalue weighted by Gasteiger charge is 2.40. The summed E-state index contributed by atoms with van der Waals surface area (Å²) in [6.07, 6.45) is -0.0875. The Bertz CT molecular complexity index is 1000. The van der Waals surface area contributed by atoms with Gasteiger partial charge in [-0.2, -0.15) is 8.42 Å². The third-order valence-corrected chi connectivity index (χ3v) is 5.71. The summed E-state index contributed by atoms with van der Waals surface area (Å²) in [5, 5.41) is 13.4. The fraction of sp³-hybridized carbons (Fsp3) is 0.412. The largest absolute Gasteiger partial charge is 0.445 e. The van der Waals surface area contributed by atoms with Gasteiger partial charge in [-0.15, -0.1) is 11.3 Å². The van der Waals surface area contributed by atoms with E-state index in [1.54, 1.807) is 0 Å². The molecule has 2 atom stereocenters. The van der Waals surface area contributed by atoms with E-state index in [0.717, 1.165) is 11.3 Å². The van der Waals surface area contributed by atoms with Crippen molar-refractivity contribution in [3.63, 3.8) is 0 Å². The molecule has 1 aromatic heterocycles. The molecule has 1 saturated heterocycles. The topological polar surface area (TPSA) is 129 Å². The number of non-ortho nitro benzene ring substituents is 1. The van der Waals surface area contributed by atoms with Gasteiger partial charge in [0.15, 0.2) is 0 Å². The van der Waals surface area contributed by atoms with Gasteiger partial charge in [0.1, 0.15) is 6.61 Å². The molecule has 12 heteroatoms. The predicted molar refractivity (Wildman–Crippen MR) is 104 cm³/mol. The number of carbonyl (C=O) groups excluding carboxylic acids is 1. The van der Waals surface area contributed by atoms with Gasteiger partial charge in [-0.3, -0.25) is 19.2 Å². The number of aromatic nitrogens is 1. The lowest BCUT2D eigenvalue weighted by Gasteiger charge is -2.22. The molecule has 1 aromatic carbocycles. The highest BCUT2D eigenvalue weighted by Crippen LogP contribution is 2.35. The molecule has 1 aliphatic heterocycles. The van der Waals surface area contributed by atoms with Crippen LogP contribution in [-0.2, 0) is 25.6 Å². The van der Waals surface area contributed by atoms with Crippen molar-refractivity contribution in [3.8, 4) is 0 Å². The zero-order valence-electron chi connectivity index (χ0n) is 15.7. The lowest BCUT2D eigenvalue weighted by molar-refractivity contribution is -0.384. The number of rotatable bonds is 6. The quantitative estimate of drug-likeness (QED) is 0.380. The first-order valence-corrected chi connectivity index (χ1v) is 11.3. The number of likely N-dealkylation sites (tertiary alicyclic amines) is 1. The second-order valence-corrected chi connectivity index (χ2v) is 9.26. The van der Waals surface area contributed by atoms with Gasteiger partial charge in [0.05, 0.1) is 40.6 Å². The number of nitro benzene ring substituents is 1. The van der Waals surface area contributed by atoms with Crippen LogP contribution in [0.3, 0.4) is 0 Å². The van der Waals surface area contributed by atoms with E-state index in [1.165, 1.54) is 40.5 Å². The zero-order chi connectivity index (χ0) is 21.2. The second-order valence-electron chi connectivity index (χ2n) is 6.60. The molecule has 156 valence electrons. The van der Waals surface area contributed by atoms with Crippen molar-refractivity contribution in [2.24, 2.45) is 0 Å². The van der Waals surface area contributed by atoms with Crippen LogP contribution in [0.25, 0.3) is 0 Å². The number of thiazole rings is 1. The number of nitrogens with zero attached hydrogens (tertiary/aromatic N) is 3. The first-order valence-electron chi connectivity index (χ1n) is 8.59. The summed E-state index contributed by atoms with van der Waals surface area (Å²) in [5.74, 6) is 0. The molecule has 1 aliphatic rings. The average Bonchev–Trinajstić information content (AvgIpc) is 3.24. The highest BCUT2D eigenvalue weighted by atomic mass is 32.2. The molecule has 3 rings (SSSR count). The van der Waals surface area contributed by atoms with Crippen molar-refractivity contribution in [3.05, 3.63) is 56.0 Å². The molecule has 0 bridgehead atoms. The summed E-state index contributed by atoms with van der Waals surface area (Å²) in [5.41, 5.74) is 1.19. The monoisotopic (exact) mass is 441 g/mol. The Labute approximate surface area is 171 Å². The first-order chi connectivity index (χ1) is 13.6. The number of ether oxygens (including phenoxy) is 1. The fourth-order valence-electron chi connectivity index (χ4n) is 3.07. The lowest BCUT2D eigenvalue weighted by Crippen LogP contribution is -2.33. The molecule has 1 fully saturated rings. The first kappa shape index (κ1) is 21.1. The number of carbonyl (C=O) groups is 1. The van der Waals surface area contributed by atoms with E-state index in [-0.39, 0.29) is 25.3 Å². The van der Waals surface area contributed by atoms with Crippen molar-refractivity contribution < 1.29 is 27.1 Å². The molecule has 0 saturated carbocycles. The maximum atomic E-state index is 12.7. The number of amides is 1. The second kappa shape index (κ2) is 8.43. The van der Waals surface area contributed by atoms with Crippen LogP contribution in [0.4, 0.5) is 10.5 Å². The van der Waals surface area contributed by atoms with Crippen LogP contribution in [-0.4, -0.2) is 48.2 Å². The number of aryl methyl sites for hydroxylation is 1. The minimum Gasteiger partial charge on any atom is -0.445 e. The van der Waals surface area contributed by atoms with Crippen LogP contribution >= 0.6 is 11.3 Å². The third kappa shape index (κ3) is 5.49. The van der Waals surface area contributed by atoms with Crippen LogP contribution in [0, 0.1) is 17.0 Å². The van der Waals surface area contributed by atoms with Crippen LogP contribution in [0.1, 0.15) is 28.7 Å². The summed E-state index contributed by atoms with van der Waals surface area (Å²) in [6, 6.07) is 5.21. The van der Waals surface area contributed by atoms with Gasteiger partial charge in [-0.05, 0) is 24.6 Å². The van der Waals surface area contributed by atoms with E-state index in [9.17, 15) is 23.3 Å². The van der Waals surface area contributed by atoms with E-state index in [2.05, 4.69) is 4.98 Å². The van der Waals surface area contributed by atoms with Crippen LogP contribution < -0.4 is 0 Å². The SMILES string of the molecule is Cc1nc([C@@H]2C[C@@H](OS(C)(=O)=O)CN2C(=O)OCc2ccc([N+](=O)[O-])cc2)cs1. The highest BCUT2D eigenvalue weighted by molar-refractivity contribution is 7.86. The summed E-state index contributed by atoms with van der Waals surface area (Å²) in [6.45, 7) is 1.81. The molecular weight excluding hydrogens is 422 g/mol. The lowest BCUT2D eigenvalue weighted by atomic mass is 10.1. The number of nitro groups is 1. The minimum absolute atomic E-state index is 0.0490. The van der Waals surface area contributed by atoms with Gasteiger partial charge in [0.25, 0.3) is 15.8 Å². The van der Waals surface area contributed by atoms with E-state index in [0.29, 0.717) is 11.3 Å². The van der Waals surface area contributed by atoms with Crippen LogP contribution in [0.2, 0.25) is 0 Å². The van der Waals surface area contributed by atoms with E-state index in [4.69, 9.17) is 8.92 Å². The van der Waals surface area contributed by atoms with Crippen molar-refractivity contribution in [1.82, 2.24) is 9.88 Å². The summed E-state index contributed by atoms with van der Waals surface area (Å²) >= 11 is 1.43. The summed E-state index contributed by atoms with van der Waals surface area (Å²) < 4.78 is 33.4. The fourth-order valence-corrected chi connectivity index (χ4v) is 4.36. The average molecular weight is 441 g/mol. The van der Waals surface area contributed by atoms with Crippen molar-refractivity contribution in [2.45, 2.75) is 32.1 Å². The van der Waals surface area contributed by atoms with Crippen molar-refractivity contribution >= 4 is 33.2 Å². The van der Waals surface area contributed by atoms with E-state index in [1.807, 2.05) is 12.3 Å². The number of hydrogen-bond donors (Lipinski definition) is 0. The Morgan fingerprint density at radius 2 is 2.07 bits per heavy atom. The number of benzene rings is 1. The maximum Gasteiger partial charge on any atom is 0.410 e. The van der Waals surface area contributed by atoms with Gasteiger partial charge in [0, 0.05) is 23.9 Å². The third-order valence-electron chi connectivity index (χ3n) is 4.30. The molecule has 0 spiro atoms. The molecule has 0 aliphatic carbocycles. The Morgan fingerprint density at radius 1 is 1.38 bits per heavy atom. The molecule has 10 nitrogen and oxygen atoms in total. The normalized spacial score (nSPS) is 19.3. The van der Waals surface area contributed by atoms with Crippen LogP contribution in [0.5, 0.6) is 0 Å². The molecule has 29 heavy (non-hydrogen) atoms. The number of hydrogen-bond acceptors (Lipinski definition) is 9. The minimum atomic E-state index is -3.68. The van der Waals surface area contributed by atoms with Gasteiger partial charge >= 0.3 is 6.09 Å². The molecular formula is C17H19N3O7S2. The van der Waals surface area contributed by atoms with Gasteiger partial charge < -0.3 is 4.74 Å². The van der Waals surface area contributed by atoms with Crippen molar-refractivity contribution in [1.29, 1.82) is 0 Å². The van der Waals surface area contributed by atoms with Crippen LogP contribution in [0.15, 0.2) is 29.6 Å². The molecule has 0 unspecified atom stereocenters. The molecule has 0 N–H and O–H groups in total. The smallest absolute Gasteiger partial charge is 0.410 e. The predicted octanol–water partition coefficient (Wildman–Crippen LogP) is 2.79. The van der Waals surface area contributed by atoms with Gasteiger partial charge in [0.2, 0.25) is 0 Å². The molecule has 1 amide bonds.